The number of rotatable bonds is 5. The molecule has 2 aromatic carbocycles. The molecule has 0 aliphatic heterocycles. The molecule has 2 N–H and O–H groups in total. The average molecular weight is 447 g/mol. The van der Waals surface area contributed by atoms with Crippen LogP contribution in [-0.4, -0.2) is 24.4 Å². The minimum absolute atomic E-state index is 0.0364. The van der Waals surface area contributed by atoms with Crippen LogP contribution < -0.4 is 10.6 Å². The van der Waals surface area contributed by atoms with Gasteiger partial charge >= 0.3 is 0 Å². The van der Waals surface area contributed by atoms with Gasteiger partial charge in [0.15, 0.2) is 0 Å². The Labute approximate surface area is 188 Å². The Kier molecular flexibility index (Phi) is 6.78. The Balaban J connectivity index is 1.65. The lowest BCUT2D eigenvalue weighted by molar-refractivity contribution is 0.0592. The number of nitrogens with one attached hydrogen (secondary N) is 2. The van der Waals surface area contributed by atoms with Crippen LogP contribution >= 0.6 is 23.2 Å². The van der Waals surface area contributed by atoms with Gasteiger partial charge in [0.25, 0.3) is 11.8 Å². The number of carbonyl (C=O) groups is 2. The minimum Gasteiger partial charge on any atom is -0.351 e. The number of carbonyl (C=O) groups excluding carboxylic acids is 2. The lowest BCUT2D eigenvalue weighted by atomic mass is 9.62. The van der Waals surface area contributed by atoms with Gasteiger partial charge in [-0.2, -0.15) is 0 Å². The van der Waals surface area contributed by atoms with Crippen molar-refractivity contribution >= 4 is 35.0 Å². The van der Waals surface area contributed by atoms with Gasteiger partial charge in [0, 0.05) is 33.8 Å². The molecule has 30 heavy (non-hydrogen) atoms. The highest BCUT2D eigenvalue weighted by molar-refractivity contribution is 6.31. The van der Waals surface area contributed by atoms with Crippen molar-refractivity contribution in [2.45, 2.75) is 46.1 Å². The molecule has 0 heterocycles. The summed E-state index contributed by atoms with van der Waals surface area (Å²) in [7, 11) is 0. The van der Waals surface area contributed by atoms with E-state index in [-0.39, 0.29) is 28.7 Å². The van der Waals surface area contributed by atoms with Crippen LogP contribution in [0.4, 0.5) is 0 Å². The van der Waals surface area contributed by atoms with E-state index in [4.69, 9.17) is 23.2 Å². The quantitative estimate of drug-likeness (QED) is 0.614. The van der Waals surface area contributed by atoms with Crippen LogP contribution in [0.3, 0.4) is 0 Å². The van der Waals surface area contributed by atoms with Crippen molar-refractivity contribution in [2.24, 2.45) is 10.8 Å². The van der Waals surface area contributed by atoms with Crippen molar-refractivity contribution in [1.29, 1.82) is 0 Å². The molecule has 0 bridgehead atoms. The molecule has 6 heteroatoms. The second-order valence-electron chi connectivity index (χ2n) is 9.43. The van der Waals surface area contributed by atoms with Crippen molar-refractivity contribution in [3.05, 3.63) is 69.7 Å². The summed E-state index contributed by atoms with van der Waals surface area (Å²) in [5, 5.41) is 7.46. The SMILES string of the molecule is CC1(C)C[C@H](NC(=O)c2ccc(Cl)cc2)C[C@@](C)(CNC(=O)c2ccc(Cl)cc2)C1. The fourth-order valence-corrected chi connectivity index (χ4v) is 4.99. The first-order chi connectivity index (χ1) is 14.1. The highest BCUT2D eigenvalue weighted by atomic mass is 35.5. The Bertz CT molecular complexity index is 910. The Morgan fingerprint density at radius 3 is 1.90 bits per heavy atom. The van der Waals surface area contributed by atoms with Gasteiger partial charge in [0.2, 0.25) is 0 Å². The fourth-order valence-electron chi connectivity index (χ4n) is 4.74. The molecular formula is C24H28Cl2N2O2. The van der Waals surface area contributed by atoms with Gasteiger partial charge in [-0.05, 0) is 78.6 Å². The summed E-state index contributed by atoms with van der Waals surface area (Å²) in [6.07, 6.45) is 2.66. The zero-order valence-corrected chi connectivity index (χ0v) is 19.1. The Morgan fingerprint density at radius 1 is 0.867 bits per heavy atom. The van der Waals surface area contributed by atoms with E-state index in [2.05, 4.69) is 31.4 Å². The monoisotopic (exact) mass is 446 g/mol. The zero-order chi connectivity index (χ0) is 21.9. The summed E-state index contributed by atoms with van der Waals surface area (Å²) in [5.41, 5.74) is 1.11. The molecule has 2 aromatic rings. The van der Waals surface area contributed by atoms with Crippen LogP contribution in [0.5, 0.6) is 0 Å². The van der Waals surface area contributed by atoms with Crippen molar-refractivity contribution in [3.63, 3.8) is 0 Å². The largest absolute Gasteiger partial charge is 0.351 e. The van der Waals surface area contributed by atoms with Crippen molar-refractivity contribution in [1.82, 2.24) is 10.6 Å². The maximum atomic E-state index is 12.7. The molecule has 160 valence electrons. The molecule has 1 aliphatic carbocycles. The predicted octanol–water partition coefficient (Wildman–Crippen LogP) is 5.74. The summed E-state index contributed by atoms with van der Waals surface area (Å²) >= 11 is 11.8. The van der Waals surface area contributed by atoms with E-state index >= 15 is 0 Å². The van der Waals surface area contributed by atoms with Gasteiger partial charge < -0.3 is 10.6 Å². The predicted molar refractivity (Wildman–Crippen MR) is 122 cm³/mol. The lowest BCUT2D eigenvalue weighted by Crippen LogP contribution is -2.50. The molecule has 0 aromatic heterocycles. The van der Waals surface area contributed by atoms with Crippen molar-refractivity contribution in [3.8, 4) is 0 Å². The standard InChI is InChI=1S/C24H28Cl2N2O2/c1-23(2)12-20(28-22(30)17-6-10-19(26)11-7-17)13-24(3,14-23)15-27-21(29)16-4-8-18(25)9-5-16/h4-11,20H,12-15H2,1-3H3,(H,27,29)(H,28,30)/t20-,24+/m0/s1. The van der Waals surface area contributed by atoms with Crippen LogP contribution in [0, 0.1) is 10.8 Å². The molecule has 2 amide bonds. The normalized spacial score (nSPS) is 22.9. The average Bonchev–Trinajstić information content (AvgIpc) is 2.65. The Morgan fingerprint density at radius 2 is 1.37 bits per heavy atom. The molecule has 0 spiro atoms. The van der Waals surface area contributed by atoms with E-state index in [1.807, 2.05) is 0 Å². The molecule has 2 atom stereocenters. The van der Waals surface area contributed by atoms with Gasteiger partial charge in [0.1, 0.15) is 0 Å². The highest BCUT2D eigenvalue weighted by Crippen LogP contribution is 2.45. The Hall–Kier alpha value is -2.04. The van der Waals surface area contributed by atoms with E-state index in [1.165, 1.54) is 0 Å². The number of benzene rings is 2. The topological polar surface area (TPSA) is 58.2 Å². The molecule has 0 unspecified atom stereocenters. The van der Waals surface area contributed by atoms with Crippen LogP contribution in [0.2, 0.25) is 10.0 Å². The summed E-state index contributed by atoms with van der Waals surface area (Å²) in [6, 6.07) is 13.8. The molecule has 0 radical (unpaired) electrons. The third-order valence-corrected chi connectivity index (χ3v) is 6.17. The summed E-state index contributed by atoms with van der Waals surface area (Å²) in [6.45, 7) is 7.16. The van der Waals surface area contributed by atoms with Crippen LogP contribution in [-0.2, 0) is 0 Å². The first-order valence-corrected chi connectivity index (χ1v) is 10.9. The number of halogens is 2. The minimum atomic E-state index is -0.123. The smallest absolute Gasteiger partial charge is 0.251 e. The van der Waals surface area contributed by atoms with Crippen LogP contribution in [0.25, 0.3) is 0 Å². The summed E-state index contributed by atoms with van der Waals surface area (Å²) in [5.74, 6) is -0.208. The summed E-state index contributed by atoms with van der Waals surface area (Å²) in [4.78, 5) is 25.2. The molecule has 0 saturated heterocycles. The van der Waals surface area contributed by atoms with E-state index in [1.54, 1.807) is 48.5 Å². The molecular weight excluding hydrogens is 419 g/mol. The van der Waals surface area contributed by atoms with Crippen molar-refractivity contribution < 1.29 is 9.59 Å². The second kappa shape index (κ2) is 8.99. The van der Waals surface area contributed by atoms with Gasteiger partial charge in [-0.3, -0.25) is 9.59 Å². The van der Waals surface area contributed by atoms with E-state index in [0.29, 0.717) is 27.7 Å². The molecule has 1 fully saturated rings. The van der Waals surface area contributed by atoms with Gasteiger partial charge in [-0.25, -0.2) is 0 Å². The third-order valence-electron chi connectivity index (χ3n) is 5.67. The first-order valence-electron chi connectivity index (χ1n) is 10.2. The van der Waals surface area contributed by atoms with Gasteiger partial charge in [-0.1, -0.05) is 44.0 Å². The highest BCUT2D eigenvalue weighted by Gasteiger charge is 2.41. The maximum Gasteiger partial charge on any atom is 0.251 e. The molecule has 4 nitrogen and oxygen atoms in total. The number of amides is 2. The van der Waals surface area contributed by atoms with Gasteiger partial charge in [0.05, 0.1) is 0 Å². The van der Waals surface area contributed by atoms with Gasteiger partial charge in [-0.15, -0.1) is 0 Å². The third kappa shape index (κ3) is 5.99. The van der Waals surface area contributed by atoms with E-state index in [9.17, 15) is 9.59 Å². The second-order valence-corrected chi connectivity index (χ2v) is 10.3. The summed E-state index contributed by atoms with van der Waals surface area (Å²) < 4.78 is 0. The molecule has 3 rings (SSSR count). The van der Waals surface area contributed by atoms with Crippen LogP contribution in [0.15, 0.2) is 48.5 Å². The molecule has 1 aliphatic rings. The van der Waals surface area contributed by atoms with Crippen LogP contribution in [0.1, 0.15) is 60.7 Å². The lowest BCUT2D eigenvalue weighted by Gasteiger charge is -2.47. The zero-order valence-electron chi connectivity index (χ0n) is 17.6. The molecule has 1 saturated carbocycles. The number of hydrogen-bond acceptors (Lipinski definition) is 2. The van der Waals surface area contributed by atoms with E-state index < -0.39 is 0 Å². The van der Waals surface area contributed by atoms with Crippen molar-refractivity contribution in [2.75, 3.05) is 6.54 Å². The first kappa shape index (κ1) is 22.6. The fraction of sp³-hybridized carbons (Fsp3) is 0.417. The number of hydrogen-bond donors (Lipinski definition) is 2. The maximum absolute atomic E-state index is 12.7. The van der Waals surface area contributed by atoms with E-state index in [0.717, 1.165) is 19.3 Å².